The summed E-state index contributed by atoms with van der Waals surface area (Å²) in [6, 6.07) is 2.15. The minimum Gasteiger partial charge on any atom is -0.248 e. The number of thiazole rings is 1. The van der Waals surface area contributed by atoms with E-state index in [-0.39, 0.29) is 0 Å². The van der Waals surface area contributed by atoms with Gasteiger partial charge >= 0.3 is 0 Å². The molecule has 1 N–H and O–H groups in total. The van der Waals surface area contributed by atoms with Crippen LogP contribution in [0.5, 0.6) is 0 Å². The van der Waals surface area contributed by atoms with Crippen LogP contribution in [0.25, 0.3) is 10.4 Å². The Labute approximate surface area is 115 Å². The molecule has 1 fully saturated rings. The summed E-state index contributed by atoms with van der Waals surface area (Å²) < 4.78 is 0. The number of hydrazine groups is 1. The smallest absolute Gasteiger partial charge is 0.108 e. The van der Waals surface area contributed by atoms with Gasteiger partial charge in [0.15, 0.2) is 0 Å². The van der Waals surface area contributed by atoms with Crippen LogP contribution < -0.4 is 5.43 Å². The molecule has 0 bridgehead atoms. The molecule has 1 aliphatic heterocycles. The molecule has 0 atom stereocenters. The lowest BCUT2D eigenvalue weighted by Crippen LogP contribution is -2.41. The Morgan fingerprint density at radius 2 is 2.17 bits per heavy atom. The molecule has 18 heavy (non-hydrogen) atoms. The quantitative estimate of drug-likeness (QED) is 0.930. The molecule has 5 heteroatoms. The molecule has 0 aliphatic carbocycles. The van der Waals surface area contributed by atoms with Crippen molar-refractivity contribution in [1.82, 2.24) is 15.4 Å². The molecule has 96 valence electrons. The normalized spacial score (nSPS) is 17.1. The Balaban J connectivity index is 1.57. The predicted molar refractivity (Wildman–Crippen MR) is 77.7 cm³/mol. The van der Waals surface area contributed by atoms with Crippen LogP contribution in [0.1, 0.15) is 24.3 Å². The molecule has 3 heterocycles. The van der Waals surface area contributed by atoms with E-state index < -0.39 is 0 Å². The minimum absolute atomic E-state index is 0.856. The Bertz CT molecular complexity index is 472. The Kier molecular flexibility index (Phi) is 4.05. The van der Waals surface area contributed by atoms with Gasteiger partial charge in [-0.1, -0.05) is 6.42 Å². The van der Waals surface area contributed by atoms with Gasteiger partial charge in [0, 0.05) is 24.8 Å². The molecular formula is C13H17N3S2. The highest BCUT2D eigenvalue weighted by Gasteiger charge is 2.10. The first-order valence-electron chi connectivity index (χ1n) is 6.37. The van der Waals surface area contributed by atoms with Gasteiger partial charge in [-0.05, 0) is 29.7 Å². The SMILES string of the molecule is c1cc(-c2cnc(CNN3CCCCC3)s2)cs1. The molecule has 2 aromatic rings. The lowest BCUT2D eigenvalue weighted by Gasteiger charge is -2.26. The first kappa shape index (κ1) is 12.3. The third kappa shape index (κ3) is 2.98. The summed E-state index contributed by atoms with van der Waals surface area (Å²) in [5, 5.41) is 7.78. The predicted octanol–water partition coefficient (Wildman–Crippen LogP) is 3.36. The van der Waals surface area contributed by atoms with Gasteiger partial charge in [0.25, 0.3) is 0 Å². The van der Waals surface area contributed by atoms with Gasteiger partial charge in [0.1, 0.15) is 5.01 Å². The summed E-state index contributed by atoms with van der Waals surface area (Å²) in [6.45, 7) is 3.19. The van der Waals surface area contributed by atoms with Crippen molar-refractivity contribution in [3.05, 3.63) is 28.0 Å². The van der Waals surface area contributed by atoms with Crippen molar-refractivity contribution in [3.8, 4) is 10.4 Å². The van der Waals surface area contributed by atoms with Crippen molar-refractivity contribution in [2.24, 2.45) is 0 Å². The molecule has 1 saturated heterocycles. The van der Waals surface area contributed by atoms with Crippen LogP contribution in [0, 0.1) is 0 Å². The third-order valence-electron chi connectivity index (χ3n) is 3.17. The van der Waals surface area contributed by atoms with Crippen LogP contribution in [-0.4, -0.2) is 23.1 Å². The number of aromatic nitrogens is 1. The van der Waals surface area contributed by atoms with E-state index in [2.05, 4.69) is 32.2 Å². The summed E-state index contributed by atoms with van der Waals surface area (Å²) >= 11 is 3.52. The number of thiophene rings is 1. The zero-order chi connectivity index (χ0) is 12.2. The van der Waals surface area contributed by atoms with Crippen LogP contribution >= 0.6 is 22.7 Å². The molecular weight excluding hydrogens is 262 g/mol. The van der Waals surface area contributed by atoms with Gasteiger partial charge in [0.05, 0.1) is 11.4 Å². The van der Waals surface area contributed by atoms with Crippen LogP contribution in [0.2, 0.25) is 0 Å². The van der Waals surface area contributed by atoms with E-state index in [0.717, 1.165) is 6.54 Å². The van der Waals surface area contributed by atoms with Crippen molar-refractivity contribution in [2.45, 2.75) is 25.8 Å². The molecule has 0 spiro atoms. The van der Waals surface area contributed by atoms with Crippen LogP contribution in [0.3, 0.4) is 0 Å². The maximum atomic E-state index is 4.49. The highest BCUT2D eigenvalue weighted by Crippen LogP contribution is 2.27. The fourth-order valence-electron chi connectivity index (χ4n) is 2.16. The molecule has 0 aromatic carbocycles. The number of nitrogens with one attached hydrogen (secondary N) is 1. The van der Waals surface area contributed by atoms with Crippen molar-refractivity contribution >= 4 is 22.7 Å². The summed E-state index contributed by atoms with van der Waals surface area (Å²) in [5.41, 5.74) is 4.77. The van der Waals surface area contributed by atoms with Crippen molar-refractivity contribution in [3.63, 3.8) is 0 Å². The topological polar surface area (TPSA) is 28.2 Å². The van der Waals surface area contributed by atoms with Crippen molar-refractivity contribution in [1.29, 1.82) is 0 Å². The molecule has 0 saturated carbocycles. The van der Waals surface area contributed by atoms with Gasteiger partial charge in [-0.25, -0.2) is 15.4 Å². The van der Waals surface area contributed by atoms with Gasteiger partial charge in [-0.15, -0.1) is 11.3 Å². The van der Waals surface area contributed by atoms with E-state index in [9.17, 15) is 0 Å². The van der Waals surface area contributed by atoms with E-state index in [1.807, 2.05) is 6.20 Å². The molecule has 3 rings (SSSR count). The van der Waals surface area contributed by atoms with Gasteiger partial charge in [-0.3, -0.25) is 0 Å². The van der Waals surface area contributed by atoms with E-state index in [1.165, 1.54) is 47.8 Å². The minimum atomic E-state index is 0.856. The van der Waals surface area contributed by atoms with Gasteiger partial charge in [0.2, 0.25) is 0 Å². The number of hydrogen-bond donors (Lipinski definition) is 1. The van der Waals surface area contributed by atoms with Crippen molar-refractivity contribution < 1.29 is 0 Å². The second-order valence-electron chi connectivity index (χ2n) is 4.51. The summed E-state index contributed by atoms with van der Waals surface area (Å²) in [6.07, 6.45) is 5.98. The zero-order valence-electron chi connectivity index (χ0n) is 10.3. The fourth-order valence-corrected chi connectivity index (χ4v) is 3.74. The average Bonchev–Trinajstić information content (AvgIpc) is 3.08. The van der Waals surface area contributed by atoms with Gasteiger partial charge in [-0.2, -0.15) is 11.3 Å². The average molecular weight is 279 g/mol. The molecule has 0 amide bonds. The molecule has 2 aromatic heterocycles. The fraction of sp³-hybridized carbons (Fsp3) is 0.462. The van der Waals surface area contributed by atoms with E-state index in [0.29, 0.717) is 0 Å². The molecule has 1 aliphatic rings. The maximum absolute atomic E-state index is 4.49. The number of nitrogens with zero attached hydrogens (tertiary/aromatic N) is 2. The summed E-state index contributed by atoms with van der Waals surface area (Å²) in [5.74, 6) is 0. The lowest BCUT2D eigenvalue weighted by molar-refractivity contribution is 0.151. The van der Waals surface area contributed by atoms with Crippen molar-refractivity contribution in [2.75, 3.05) is 13.1 Å². The molecule has 0 unspecified atom stereocenters. The van der Waals surface area contributed by atoms with Gasteiger partial charge < -0.3 is 0 Å². The number of hydrogen-bond acceptors (Lipinski definition) is 5. The number of rotatable bonds is 4. The third-order valence-corrected chi connectivity index (χ3v) is 4.90. The van der Waals surface area contributed by atoms with Crippen LogP contribution in [0.15, 0.2) is 23.0 Å². The van der Waals surface area contributed by atoms with Crippen LogP contribution in [0.4, 0.5) is 0 Å². The lowest BCUT2D eigenvalue weighted by atomic mass is 10.2. The first-order valence-corrected chi connectivity index (χ1v) is 8.13. The van der Waals surface area contributed by atoms with E-state index in [1.54, 1.807) is 22.7 Å². The molecule has 3 nitrogen and oxygen atoms in total. The monoisotopic (exact) mass is 279 g/mol. The van der Waals surface area contributed by atoms with Crippen LogP contribution in [-0.2, 0) is 6.54 Å². The molecule has 0 radical (unpaired) electrons. The Morgan fingerprint density at radius 1 is 1.28 bits per heavy atom. The second kappa shape index (κ2) is 5.93. The largest absolute Gasteiger partial charge is 0.248 e. The first-order chi connectivity index (χ1) is 8.92. The Hall–Kier alpha value is -0.750. The summed E-state index contributed by atoms with van der Waals surface area (Å²) in [7, 11) is 0. The standard InChI is InChI=1S/C13H17N3S2/c1-2-5-16(6-3-1)15-9-13-14-8-12(18-13)11-4-7-17-10-11/h4,7-8,10,15H,1-3,5-6,9H2. The number of piperidine rings is 1. The maximum Gasteiger partial charge on any atom is 0.108 e. The van der Waals surface area contributed by atoms with E-state index in [4.69, 9.17) is 0 Å². The second-order valence-corrected chi connectivity index (χ2v) is 6.41. The zero-order valence-corrected chi connectivity index (χ0v) is 11.9. The van der Waals surface area contributed by atoms with E-state index >= 15 is 0 Å². The highest BCUT2D eigenvalue weighted by atomic mass is 32.1. The summed E-state index contributed by atoms with van der Waals surface area (Å²) in [4.78, 5) is 5.76. The Morgan fingerprint density at radius 3 is 2.94 bits per heavy atom. The highest BCUT2D eigenvalue weighted by molar-refractivity contribution is 7.15.